The summed E-state index contributed by atoms with van der Waals surface area (Å²) in [6, 6.07) is 28.4. The van der Waals surface area contributed by atoms with E-state index in [1.807, 2.05) is 60.4 Å². The molecule has 3 aromatic carbocycles. The van der Waals surface area contributed by atoms with E-state index in [-0.39, 0.29) is 11.8 Å². The summed E-state index contributed by atoms with van der Waals surface area (Å²) in [5.41, 5.74) is 10.2. The van der Waals surface area contributed by atoms with Gasteiger partial charge in [0.25, 0.3) is 5.91 Å². The highest BCUT2D eigenvalue weighted by Gasteiger charge is 2.43. The van der Waals surface area contributed by atoms with Crippen LogP contribution in [-0.2, 0) is 12.1 Å². The van der Waals surface area contributed by atoms with Gasteiger partial charge in [-0.3, -0.25) is 4.79 Å². The molecule has 4 aromatic rings. The van der Waals surface area contributed by atoms with Crippen molar-refractivity contribution in [1.29, 1.82) is 0 Å². The maximum absolute atomic E-state index is 14.1. The van der Waals surface area contributed by atoms with Crippen molar-refractivity contribution in [2.24, 2.45) is 11.7 Å². The number of carbonyl (C=O) groups is 1. The third-order valence-corrected chi connectivity index (χ3v) is 7.31. The zero-order valence-corrected chi connectivity index (χ0v) is 22.4. The van der Waals surface area contributed by atoms with E-state index in [1.165, 1.54) is 5.56 Å². The van der Waals surface area contributed by atoms with Gasteiger partial charge in [-0.05, 0) is 50.4 Å². The molecule has 0 saturated carbocycles. The van der Waals surface area contributed by atoms with Crippen molar-refractivity contribution in [1.82, 2.24) is 14.5 Å². The van der Waals surface area contributed by atoms with Crippen molar-refractivity contribution >= 4 is 5.91 Å². The number of imidazole rings is 1. The molecule has 2 N–H and O–H groups in total. The van der Waals surface area contributed by atoms with Crippen LogP contribution in [0.5, 0.6) is 0 Å². The van der Waals surface area contributed by atoms with Gasteiger partial charge in [0, 0.05) is 30.4 Å². The molecule has 5 heteroatoms. The second-order valence-electron chi connectivity index (χ2n) is 10.2. The van der Waals surface area contributed by atoms with Gasteiger partial charge in [0.2, 0.25) is 0 Å². The Kier molecular flexibility index (Phi) is 8.24. The smallest absolute Gasteiger partial charge is 0.254 e. The molecule has 0 aliphatic carbocycles. The van der Waals surface area contributed by atoms with E-state index in [1.54, 1.807) is 0 Å². The second-order valence-corrected chi connectivity index (χ2v) is 10.2. The minimum absolute atomic E-state index is 0.000159. The third-order valence-electron chi connectivity index (χ3n) is 7.31. The summed E-state index contributed by atoms with van der Waals surface area (Å²) in [7, 11) is 0. The molecule has 0 radical (unpaired) electrons. The van der Waals surface area contributed by atoms with Crippen LogP contribution < -0.4 is 5.73 Å². The molecule has 37 heavy (non-hydrogen) atoms. The molecule has 1 heterocycles. The predicted octanol–water partition coefficient (Wildman–Crippen LogP) is 6.27. The number of benzene rings is 3. The van der Waals surface area contributed by atoms with Crippen LogP contribution in [0, 0.1) is 12.8 Å². The molecule has 5 nitrogen and oxygen atoms in total. The van der Waals surface area contributed by atoms with Gasteiger partial charge in [-0.15, -0.1) is 0 Å². The molecule has 0 unspecified atom stereocenters. The topological polar surface area (TPSA) is 64.2 Å². The van der Waals surface area contributed by atoms with Crippen molar-refractivity contribution < 1.29 is 4.79 Å². The first-order valence-electron chi connectivity index (χ1n) is 13.1. The minimum Gasteiger partial charge on any atom is -0.330 e. The number of rotatable bonds is 10. The minimum atomic E-state index is -0.668. The van der Waals surface area contributed by atoms with Crippen LogP contribution in [0.2, 0.25) is 0 Å². The van der Waals surface area contributed by atoms with E-state index in [0.717, 1.165) is 22.6 Å². The normalized spacial score (nSPS) is 12.9. The number of carbonyl (C=O) groups excluding carboxylic acids is 1. The quantitative estimate of drug-likeness (QED) is 0.283. The molecule has 192 valence electrons. The molecule has 0 spiro atoms. The van der Waals surface area contributed by atoms with Crippen LogP contribution in [0.15, 0.2) is 91.1 Å². The lowest BCUT2D eigenvalue weighted by Crippen LogP contribution is -2.53. The lowest BCUT2D eigenvalue weighted by atomic mass is 9.84. The van der Waals surface area contributed by atoms with Crippen molar-refractivity contribution in [2.75, 3.05) is 13.1 Å². The van der Waals surface area contributed by atoms with E-state index >= 15 is 0 Å². The van der Waals surface area contributed by atoms with Crippen molar-refractivity contribution in [3.05, 3.63) is 114 Å². The van der Waals surface area contributed by atoms with Gasteiger partial charge >= 0.3 is 0 Å². The maximum Gasteiger partial charge on any atom is 0.254 e. The van der Waals surface area contributed by atoms with Crippen molar-refractivity contribution in [3.63, 3.8) is 0 Å². The molecule has 1 aromatic heterocycles. The fourth-order valence-corrected chi connectivity index (χ4v) is 4.81. The van der Waals surface area contributed by atoms with Crippen LogP contribution >= 0.6 is 0 Å². The van der Waals surface area contributed by atoms with Crippen LogP contribution in [0.3, 0.4) is 0 Å². The number of aromatic nitrogens is 2. The van der Waals surface area contributed by atoms with Gasteiger partial charge in [-0.2, -0.15) is 0 Å². The largest absolute Gasteiger partial charge is 0.330 e. The first-order chi connectivity index (χ1) is 17.8. The summed E-state index contributed by atoms with van der Waals surface area (Å²) >= 11 is 0. The highest BCUT2D eigenvalue weighted by atomic mass is 16.2. The van der Waals surface area contributed by atoms with Crippen molar-refractivity contribution in [2.45, 2.75) is 46.2 Å². The van der Waals surface area contributed by atoms with Gasteiger partial charge < -0.3 is 15.2 Å². The van der Waals surface area contributed by atoms with Gasteiger partial charge in [-0.1, -0.05) is 92.2 Å². The van der Waals surface area contributed by atoms with Crippen LogP contribution in [0.4, 0.5) is 0 Å². The molecule has 0 aliphatic rings. The Morgan fingerprint density at radius 2 is 1.59 bits per heavy atom. The zero-order valence-electron chi connectivity index (χ0n) is 22.4. The number of aryl methyl sites for hydroxylation is 1. The van der Waals surface area contributed by atoms with Crippen LogP contribution in [-0.4, -0.2) is 33.4 Å². The molecule has 1 atom stereocenters. The average Bonchev–Trinajstić information content (AvgIpc) is 3.34. The van der Waals surface area contributed by atoms with E-state index in [2.05, 4.69) is 67.9 Å². The Labute approximate surface area is 221 Å². The Bertz CT molecular complexity index is 1300. The Morgan fingerprint density at radius 3 is 2.19 bits per heavy atom. The fourth-order valence-electron chi connectivity index (χ4n) is 4.81. The van der Waals surface area contributed by atoms with Crippen LogP contribution in [0.25, 0.3) is 11.3 Å². The molecule has 0 fully saturated rings. The van der Waals surface area contributed by atoms with Gasteiger partial charge in [0.05, 0.1) is 5.69 Å². The highest BCUT2D eigenvalue weighted by molar-refractivity contribution is 5.94. The number of hydrogen-bond donors (Lipinski definition) is 1. The van der Waals surface area contributed by atoms with Crippen molar-refractivity contribution in [3.8, 4) is 11.3 Å². The summed E-state index contributed by atoms with van der Waals surface area (Å²) in [6.07, 6.45) is 2.83. The monoisotopic (exact) mass is 494 g/mol. The molecule has 0 saturated heterocycles. The average molecular weight is 495 g/mol. The lowest BCUT2D eigenvalue weighted by molar-refractivity contribution is 0.0306. The SMILES string of the molecule is Cc1ccc(C(=O)N(CCCN)[C@@](C)(c2nc(-c3ccccc3)cn2Cc2ccccc2)C(C)C)cc1. The zero-order chi connectivity index (χ0) is 26.4. The van der Waals surface area contributed by atoms with E-state index in [0.29, 0.717) is 31.6 Å². The third kappa shape index (κ3) is 5.67. The molecule has 0 bridgehead atoms. The van der Waals surface area contributed by atoms with E-state index in [9.17, 15) is 4.79 Å². The first-order valence-corrected chi connectivity index (χ1v) is 13.1. The van der Waals surface area contributed by atoms with Gasteiger partial charge in [0.1, 0.15) is 11.4 Å². The molecule has 4 rings (SSSR count). The van der Waals surface area contributed by atoms with E-state index < -0.39 is 5.54 Å². The molecule has 0 aliphatic heterocycles. The summed E-state index contributed by atoms with van der Waals surface area (Å²) in [5, 5.41) is 0. The van der Waals surface area contributed by atoms with Crippen LogP contribution in [0.1, 0.15) is 54.5 Å². The molecular formula is C32H38N4O. The number of nitrogens with zero attached hydrogens (tertiary/aromatic N) is 3. The highest BCUT2D eigenvalue weighted by Crippen LogP contribution is 2.38. The van der Waals surface area contributed by atoms with Gasteiger partial charge in [-0.25, -0.2) is 4.98 Å². The summed E-state index contributed by atoms with van der Waals surface area (Å²) in [5.74, 6) is 0.975. The summed E-state index contributed by atoms with van der Waals surface area (Å²) in [4.78, 5) is 21.3. The van der Waals surface area contributed by atoms with Gasteiger partial charge in [0.15, 0.2) is 0 Å². The van der Waals surface area contributed by atoms with E-state index in [4.69, 9.17) is 10.7 Å². The molecule has 1 amide bonds. The maximum atomic E-state index is 14.1. The standard InChI is InChI=1S/C32H38N4O/c1-24(2)32(4,36(21-11-20-33)30(37)28-18-16-25(3)17-19-28)31-34-29(27-14-9-6-10-15-27)23-35(31)22-26-12-7-5-8-13-26/h5-10,12-19,23-24H,11,20-22,33H2,1-4H3/t32-/m1/s1. The summed E-state index contributed by atoms with van der Waals surface area (Å²) in [6.45, 7) is 10.3. The Morgan fingerprint density at radius 1 is 0.973 bits per heavy atom. The molecular weight excluding hydrogens is 456 g/mol. The first kappa shape index (κ1) is 26.4. The predicted molar refractivity (Wildman–Crippen MR) is 151 cm³/mol. The number of amides is 1. The Balaban J connectivity index is 1.87. The fraction of sp³-hybridized carbons (Fsp3) is 0.312. The number of nitrogens with two attached hydrogens (primary N) is 1. The Hall–Kier alpha value is -3.70. The number of hydrogen-bond acceptors (Lipinski definition) is 3. The summed E-state index contributed by atoms with van der Waals surface area (Å²) < 4.78 is 2.22. The lowest BCUT2D eigenvalue weighted by Gasteiger charge is -2.44. The second kappa shape index (κ2) is 11.6.